The molecule has 0 aliphatic carbocycles. The zero-order valence-corrected chi connectivity index (χ0v) is 11.9. The molecule has 0 radical (unpaired) electrons. The molecule has 0 unspecified atom stereocenters. The van der Waals surface area contributed by atoms with E-state index in [9.17, 15) is 0 Å². The molecule has 1 aromatic carbocycles. The Labute approximate surface area is 120 Å². The van der Waals surface area contributed by atoms with E-state index in [4.69, 9.17) is 22.1 Å². The van der Waals surface area contributed by atoms with Crippen molar-refractivity contribution in [3.05, 3.63) is 29.3 Å². The van der Waals surface area contributed by atoms with E-state index in [1.54, 1.807) is 0 Å². The standard InChI is InChI=1S/C12H13ClN4OS/c1-2-6-18-11-15-10(14)16-12(17-11)19-9-5-3-4-8(13)7-9/h3-5,7H,2,6H2,1H3,(H2,14,15,16,17). The lowest BCUT2D eigenvalue weighted by Crippen LogP contribution is -2.05. The number of hydrogen-bond donors (Lipinski definition) is 1. The van der Waals surface area contributed by atoms with Gasteiger partial charge in [-0.25, -0.2) is 0 Å². The van der Waals surface area contributed by atoms with Crippen molar-refractivity contribution in [2.45, 2.75) is 23.4 Å². The molecule has 5 nitrogen and oxygen atoms in total. The summed E-state index contributed by atoms with van der Waals surface area (Å²) in [6, 6.07) is 7.67. The molecule has 2 rings (SSSR count). The van der Waals surface area contributed by atoms with Crippen LogP contribution in [0.25, 0.3) is 0 Å². The van der Waals surface area contributed by atoms with Crippen LogP contribution in [0.5, 0.6) is 6.01 Å². The summed E-state index contributed by atoms with van der Waals surface area (Å²) in [4.78, 5) is 13.1. The van der Waals surface area contributed by atoms with Crippen LogP contribution in [0.2, 0.25) is 5.02 Å². The van der Waals surface area contributed by atoms with Gasteiger partial charge in [0.1, 0.15) is 0 Å². The third-order valence-corrected chi connectivity index (χ3v) is 3.14. The Hall–Kier alpha value is -1.53. The van der Waals surface area contributed by atoms with Crippen molar-refractivity contribution in [1.82, 2.24) is 15.0 Å². The topological polar surface area (TPSA) is 73.9 Å². The molecule has 0 bridgehead atoms. The van der Waals surface area contributed by atoms with Gasteiger partial charge < -0.3 is 10.5 Å². The van der Waals surface area contributed by atoms with Crippen LogP contribution >= 0.6 is 23.4 Å². The molecule has 1 heterocycles. The maximum atomic E-state index is 5.93. The van der Waals surface area contributed by atoms with Crippen LogP contribution in [-0.4, -0.2) is 21.6 Å². The van der Waals surface area contributed by atoms with E-state index in [0.29, 0.717) is 16.8 Å². The molecule has 0 atom stereocenters. The molecular weight excluding hydrogens is 284 g/mol. The van der Waals surface area contributed by atoms with Crippen LogP contribution in [0.4, 0.5) is 5.95 Å². The van der Waals surface area contributed by atoms with Crippen molar-refractivity contribution < 1.29 is 4.74 Å². The average Bonchev–Trinajstić information content (AvgIpc) is 2.35. The molecule has 0 aliphatic rings. The number of aromatic nitrogens is 3. The van der Waals surface area contributed by atoms with Crippen LogP contribution < -0.4 is 10.5 Å². The Bertz CT molecular complexity index is 567. The summed E-state index contributed by atoms with van der Waals surface area (Å²) in [5.41, 5.74) is 5.63. The van der Waals surface area contributed by atoms with E-state index in [1.807, 2.05) is 31.2 Å². The lowest BCUT2D eigenvalue weighted by atomic mass is 10.4. The second kappa shape index (κ2) is 6.58. The minimum atomic E-state index is 0.144. The van der Waals surface area contributed by atoms with Crippen LogP contribution in [0.15, 0.2) is 34.3 Å². The van der Waals surface area contributed by atoms with Gasteiger partial charge in [-0.05, 0) is 36.4 Å². The van der Waals surface area contributed by atoms with Gasteiger partial charge in [-0.2, -0.15) is 15.0 Å². The molecule has 1 aromatic heterocycles. The second-order valence-corrected chi connectivity index (χ2v) is 5.14. The van der Waals surface area contributed by atoms with Crippen molar-refractivity contribution in [2.75, 3.05) is 12.3 Å². The van der Waals surface area contributed by atoms with Crippen molar-refractivity contribution in [3.8, 4) is 6.01 Å². The number of nitrogen functional groups attached to an aromatic ring is 1. The fraction of sp³-hybridized carbons (Fsp3) is 0.250. The Morgan fingerprint density at radius 1 is 1.32 bits per heavy atom. The highest BCUT2D eigenvalue weighted by molar-refractivity contribution is 7.99. The highest BCUT2D eigenvalue weighted by Crippen LogP contribution is 2.27. The smallest absolute Gasteiger partial charge is 0.322 e. The number of hydrogen-bond acceptors (Lipinski definition) is 6. The number of nitrogens with zero attached hydrogens (tertiary/aromatic N) is 3. The zero-order valence-electron chi connectivity index (χ0n) is 10.3. The number of anilines is 1. The van der Waals surface area contributed by atoms with Gasteiger partial charge in [-0.3, -0.25) is 0 Å². The Morgan fingerprint density at radius 3 is 2.89 bits per heavy atom. The van der Waals surface area contributed by atoms with Gasteiger partial charge in [0, 0.05) is 9.92 Å². The Balaban J connectivity index is 2.17. The lowest BCUT2D eigenvalue weighted by Gasteiger charge is -2.05. The average molecular weight is 297 g/mol. The van der Waals surface area contributed by atoms with Crippen molar-refractivity contribution in [3.63, 3.8) is 0 Å². The molecule has 19 heavy (non-hydrogen) atoms. The van der Waals surface area contributed by atoms with E-state index in [-0.39, 0.29) is 12.0 Å². The highest BCUT2D eigenvalue weighted by Gasteiger charge is 2.07. The van der Waals surface area contributed by atoms with Gasteiger partial charge in [0.25, 0.3) is 0 Å². The molecule has 0 spiro atoms. The predicted octanol–water partition coefficient (Wildman–Crippen LogP) is 3.05. The number of benzene rings is 1. The minimum absolute atomic E-state index is 0.144. The van der Waals surface area contributed by atoms with Crippen molar-refractivity contribution >= 4 is 29.3 Å². The number of rotatable bonds is 5. The predicted molar refractivity (Wildman–Crippen MR) is 75.6 cm³/mol. The first kappa shape index (κ1) is 13.9. The normalized spacial score (nSPS) is 10.4. The largest absolute Gasteiger partial charge is 0.463 e. The van der Waals surface area contributed by atoms with Gasteiger partial charge in [-0.15, -0.1) is 0 Å². The maximum absolute atomic E-state index is 5.93. The fourth-order valence-corrected chi connectivity index (χ4v) is 2.35. The molecule has 0 fully saturated rings. The van der Waals surface area contributed by atoms with E-state index in [2.05, 4.69) is 15.0 Å². The first-order valence-electron chi connectivity index (χ1n) is 5.75. The quantitative estimate of drug-likeness (QED) is 0.914. The summed E-state index contributed by atoms with van der Waals surface area (Å²) in [5.74, 6) is 0.144. The Kier molecular flexibility index (Phi) is 4.81. The third kappa shape index (κ3) is 4.25. The van der Waals surface area contributed by atoms with Crippen LogP contribution in [-0.2, 0) is 0 Å². The van der Waals surface area contributed by atoms with Gasteiger partial charge >= 0.3 is 6.01 Å². The van der Waals surface area contributed by atoms with Gasteiger partial charge in [0.2, 0.25) is 11.1 Å². The summed E-state index contributed by atoms with van der Waals surface area (Å²) in [5, 5.41) is 1.15. The summed E-state index contributed by atoms with van der Waals surface area (Å²) in [6.45, 7) is 2.55. The molecule has 0 amide bonds. The minimum Gasteiger partial charge on any atom is -0.463 e. The summed E-state index contributed by atoms with van der Waals surface area (Å²) < 4.78 is 5.36. The van der Waals surface area contributed by atoms with Gasteiger partial charge in [0.05, 0.1) is 6.61 Å². The highest BCUT2D eigenvalue weighted by atomic mass is 35.5. The fourth-order valence-electron chi connectivity index (χ4n) is 1.29. The van der Waals surface area contributed by atoms with E-state index in [0.717, 1.165) is 11.3 Å². The van der Waals surface area contributed by atoms with E-state index < -0.39 is 0 Å². The zero-order chi connectivity index (χ0) is 13.7. The van der Waals surface area contributed by atoms with Crippen LogP contribution in [0.3, 0.4) is 0 Å². The summed E-state index contributed by atoms with van der Waals surface area (Å²) in [6.07, 6.45) is 0.877. The molecule has 7 heteroatoms. The molecule has 2 N–H and O–H groups in total. The first-order chi connectivity index (χ1) is 9.17. The summed E-state index contributed by atoms with van der Waals surface area (Å²) in [7, 11) is 0. The van der Waals surface area contributed by atoms with E-state index >= 15 is 0 Å². The molecule has 0 saturated heterocycles. The van der Waals surface area contributed by atoms with Crippen LogP contribution in [0, 0.1) is 0 Å². The number of nitrogens with two attached hydrogens (primary N) is 1. The maximum Gasteiger partial charge on any atom is 0.322 e. The molecule has 0 saturated carbocycles. The molecular formula is C12H13ClN4OS. The van der Waals surface area contributed by atoms with E-state index in [1.165, 1.54) is 11.8 Å². The van der Waals surface area contributed by atoms with Crippen molar-refractivity contribution in [1.29, 1.82) is 0 Å². The summed E-state index contributed by atoms with van der Waals surface area (Å²) >= 11 is 7.28. The van der Waals surface area contributed by atoms with Gasteiger partial charge in [0.15, 0.2) is 0 Å². The first-order valence-corrected chi connectivity index (χ1v) is 6.94. The number of ether oxygens (including phenoxy) is 1. The second-order valence-electron chi connectivity index (χ2n) is 3.67. The third-order valence-electron chi connectivity index (χ3n) is 2.05. The Morgan fingerprint density at radius 2 is 2.16 bits per heavy atom. The van der Waals surface area contributed by atoms with Crippen molar-refractivity contribution in [2.24, 2.45) is 0 Å². The lowest BCUT2D eigenvalue weighted by molar-refractivity contribution is 0.288. The number of halogens is 1. The SMILES string of the molecule is CCCOc1nc(N)nc(Sc2cccc(Cl)c2)n1. The molecule has 2 aromatic rings. The molecule has 0 aliphatic heterocycles. The monoisotopic (exact) mass is 296 g/mol. The van der Waals surface area contributed by atoms with Crippen LogP contribution in [0.1, 0.15) is 13.3 Å². The molecule has 100 valence electrons. The van der Waals surface area contributed by atoms with Gasteiger partial charge in [-0.1, -0.05) is 24.6 Å².